The molecule has 0 bridgehead atoms. The molecule has 1 heterocycles. The summed E-state index contributed by atoms with van der Waals surface area (Å²) in [4.78, 5) is 4.14. The van der Waals surface area contributed by atoms with E-state index in [1.165, 1.54) is 6.20 Å². The van der Waals surface area contributed by atoms with Crippen LogP contribution in [0.25, 0.3) is 0 Å². The first-order valence-electron chi connectivity index (χ1n) is 5.23. The van der Waals surface area contributed by atoms with Crippen LogP contribution in [0.2, 0.25) is 0 Å². The number of hydrogen-bond acceptors (Lipinski definition) is 3. The molecule has 0 aliphatic rings. The summed E-state index contributed by atoms with van der Waals surface area (Å²) in [5.41, 5.74) is 0.867. The third-order valence-electron chi connectivity index (χ3n) is 2.09. The molecule has 1 aromatic heterocycles. The summed E-state index contributed by atoms with van der Waals surface area (Å²) >= 11 is 0. The molecule has 0 radical (unpaired) electrons. The fourth-order valence-corrected chi connectivity index (χ4v) is 1.30. The summed E-state index contributed by atoms with van der Waals surface area (Å²) in [6.45, 7) is 4.26. The molecule has 3 nitrogen and oxygen atoms in total. The second-order valence-electron chi connectivity index (χ2n) is 3.40. The molecule has 0 saturated carbocycles. The van der Waals surface area contributed by atoms with Crippen LogP contribution in [0.3, 0.4) is 0 Å². The normalized spacial score (nSPS) is 12.8. The summed E-state index contributed by atoms with van der Waals surface area (Å²) < 4.78 is 28.6. The first-order chi connectivity index (χ1) is 7.63. The van der Waals surface area contributed by atoms with Crippen LogP contribution in [0.5, 0.6) is 5.75 Å². The van der Waals surface area contributed by atoms with Crippen molar-refractivity contribution in [2.75, 3.05) is 13.2 Å². The van der Waals surface area contributed by atoms with Crippen LogP contribution in [0, 0.1) is 0 Å². The van der Waals surface area contributed by atoms with Gasteiger partial charge in [-0.05, 0) is 25.6 Å². The zero-order valence-corrected chi connectivity index (χ0v) is 9.41. The third kappa shape index (κ3) is 4.10. The van der Waals surface area contributed by atoms with Gasteiger partial charge in [0.2, 0.25) is 0 Å². The molecule has 0 fully saturated rings. The van der Waals surface area contributed by atoms with Gasteiger partial charge in [-0.1, -0.05) is 6.92 Å². The second-order valence-corrected chi connectivity index (χ2v) is 3.40. The van der Waals surface area contributed by atoms with Gasteiger partial charge in [0.15, 0.2) is 0 Å². The van der Waals surface area contributed by atoms with Gasteiger partial charge in [-0.3, -0.25) is 4.98 Å². The van der Waals surface area contributed by atoms with Crippen LogP contribution in [0.15, 0.2) is 18.3 Å². The van der Waals surface area contributed by atoms with Gasteiger partial charge in [0.25, 0.3) is 6.43 Å². The molecule has 5 heteroatoms. The van der Waals surface area contributed by atoms with E-state index in [9.17, 15) is 8.78 Å². The minimum Gasteiger partial charge on any atom is -0.486 e. The van der Waals surface area contributed by atoms with Crippen molar-refractivity contribution in [3.05, 3.63) is 24.0 Å². The minimum absolute atomic E-state index is 0.147. The lowest BCUT2D eigenvalue weighted by molar-refractivity contribution is 0.0817. The highest BCUT2D eigenvalue weighted by atomic mass is 19.3. The van der Waals surface area contributed by atoms with E-state index in [0.717, 1.165) is 12.2 Å². The van der Waals surface area contributed by atoms with E-state index in [1.54, 1.807) is 12.1 Å². The van der Waals surface area contributed by atoms with Gasteiger partial charge >= 0.3 is 0 Å². The molecule has 1 rings (SSSR count). The zero-order valence-electron chi connectivity index (χ0n) is 9.41. The number of ether oxygens (including phenoxy) is 1. The predicted octanol–water partition coefficient (Wildman–Crippen LogP) is 2.40. The highest BCUT2D eigenvalue weighted by Gasteiger charge is 2.06. The highest BCUT2D eigenvalue weighted by molar-refractivity contribution is 5.21. The van der Waals surface area contributed by atoms with Crippen molar-refractivity contribution in [3.8, 4) is 5.75 Å². The van der Waals surface area contributed by atoms with Crippen LogP contribution in [0.1, 0.15) is 25.6 Å². The maximum Gasteiger partial charge on any atom is 0.272 e. The van der Waals surface area contributed by atoms with Gasteiger partial charge < -0.3 is 10.1 Å². The predicted molar refractivity (Wildman–Crippen MR) is 57.8 cm³/mol. The average molecular weight is 230 g/mol. The van der Waals surface area contributed by atoms with Crippen molar-refractivity contribution in [1.29, 1.82) is 0 Å². The monoisotopic (exact) mass is 230 g/mol. The first-order valence-corrected chi connectivity index (χ1v) is 5.23. The maximum absolute atomic E-state index is 11.9. The van der Waals surface area contributed by atoms with E-state index in [-0.39, 0.29) is 6.04 Å². The number of pyridine rings is 1. The Bertz CT molecular complexity index is 303. The largest absolute Gasteiger partial charge is 0.486 e. The molecule has 0 amide bonds. The highest BCUT2D eigenvalue weighted by Crippen LogP contribution is 2.14. The number of nitrogens with one attached hydrogen (secondary N) is 1. The lowest BCUT2D eigenvalue weighted by atomic mass is 10.2. The molecule has 0 saturated heterocycles. The topological polar surface area (TPSA) is 34.1 Å². The molecule has 0 aliphatic carbocycles. The molecule has 0 aliphatic heterocycles. The fourth-order valence-electron chi connectivity index (χ4n) is 1.30. The number of rotatable bonds is 6. The van der Waals surface area contributed by atoms with E-state index >= 15 is 0 Å². The summed E-state index contributed by atoms with van der Waals surface area (Å²) in [5, 5.41) is 3.21. The molecule has 0 spiro atoms. The minimum atomic E-state index is -2.46. The Morgan fingerprint density at radius 1 is 1.44 bits per heavy atom. The van der Waals surface area contributed by atoms with Crippen molar-refractivity contribution in [3.63, 3.8) is 0 Å². The van der Waals surface area contributed by atoms with Crippen molar-refractivity contribution in [2.45, 2.75) is 26.3 Å². The molecule has 1 N–H and O–H groups in total. The van der Waals surface area contributed by atoms with Crippen LogP contribution in [0.4, 0.5) is 8.78 Å². The molecule has 1 aromatic rings. The summed E-state index contributed by atoms with van der Waals surface area (Å²) in [7, 11) is 0. The molecule has 90 valence electrons. The number of hydrogen-bond donors (Lipinski definition) is 1. The molecule has 16 heavy (non-hydrogen) atoms. The fraction of sp³-hybridized carbons (Fsp3) is 0.545. The van der Waals surface area contributed by atoms with Gasteiger partial charge in [-0.2, -0.15) is 0 Å². The van der Waals surface area contributed by atoms with Gasteiger partial charge in [0.1, 0.15) is 12.4 Å². The maximum atomic E-state index is 11.9. The first kappa shape index (κ1) is 12.8. The van der Waals surface area contributed by atoms with Crippen LogP contribution >= 0.6 is 0 Å². The zero-order chi connectivity index (χ0) is 12.0. The molecule has 1 unspecified atom stereocenters. The third-order valence-corrected chi connectivity index (χ3v) is 2.09. The van der Waals surface area contributed by atoms with Crippen molar-refractivity contribution < 1.29 is 13.5 Å². The van der Waals surface area contributed by atoms with Gasteiger partial charge in [0, 0.05) is 6.04 Å². The van der Waals surface area contributed by atoms with Crippen LogP contribution < -0.4 is 10.1 Å². The Kier molecular flexibility index (Phi) is 5.11. The summed E-state index contributed by atoms with van der Waals surface area (Å²) in [6, 6.07) is 3.57. The van der Waals surface area contributed by atoms with Gasteiger partial charge in [-0.15, -0.1) is 0 Å². The SMILES string of the molecule is CCNC(C)c1ccc(OCC(F)F)cn1. The smallest absolute Gasteiger partial charge is 0.272 e. The average Bonchev–Trinajstić information content (AvgIpc) is 2.27. The van der Waals surface area contributed by atoms with Crippen molar-refractivity contribution in [1.82, 2.24) is 10.3 Å². The number of nitrogens with zero attached hydrogens (tertiary/aromatic N) is 1. The van der Waals surface area contributed by atoms with E-state index in [1.807, 2.05) is 13.8 Å². The molecule has 0 aromatic carbocycles. The summed E-state index contributed by atoms with van der Waals surface area (Å²) in [5.74, 6) is 0.368. The Hall–Kier alpha value is -1.23. The Balaban J connectivity index is 2.53. The number of halogens is 2. The lowest BCUT2D eigenvalue weighted by Gasteiger charge is -2.12. The van der Waals surface area contributed by atoms with Gasteiger partial charge in [-0.25, -0.2) is 8.78 Å². The Morgan fingerprint density at radius 2 is 2.19 bits per heavy atom. The quantitative estimate of drug-likeness (QED) is 0.814. The number of aromatic nitrogens is 1. The van der Waals surface area contributed by atoms with Crippen molar-refractivity contribution >= 4 is 0 Å². The van der Waals surface area contributed by atoms with E-state index in [0.29, 0.717) is 5.75 Å². The van der Waals surface area contributed by atoms with Crippen LogP contribution in [-0.4, -0.2) is 24.6 Å². The van der Waals surface area contributed by atoms with E-state index in [4.69, 9.17) is 4.74 Å². The lowest BCUT2D eigenvalue weighted by Crippen LogP contribution is -2.18. The molecular weight excluding hydrogens is 214 g/mol. The number of alkyl halides is 2. The van der Waals surface area contributed by atoms with E-state index < -0.39 is 13.0 Å². The molecule has 1 atom stereocenters. The van der Waals surface area contributed by atoms with E-state index in [2.05, 4.69) is 10.3 Å². The van der Waals surface area contributed by atoms with Crippen molar-refractivity contribution in [2.24, 2.45) is 0 Å². The molecular formula is C11H16F2N2O. The second kappa shape index (κ2) is 6.37. The Labute approximate surface area is 93.8 Å². The van der Waals surface area contributed by atoms with Gasteiger partial charge in [0.05, 0.1) is 11.9 Å². The standard InChI is InChI=1S/C11H16F2N2O/c1-3-14-8(2)10-5-4-9(6-15-10)16-7-11(12)13/h4-6,8,11,14H,3,7H2,1-2H3. The Morgan fingerprint density at radius 3 is 2.69 bits per heavy atom. The van der Waals surface area contributed by atoms with Crippen LogP contribution in [-0.2, 0) is 0 Å². The summed E-state index contributed by atoms with van der Waals surface area (Å²) in [6.07, 6.45) is -0.994.